The summed E-state index contributed by atoms with van der Waals surface area (Å²) in [6.07, 6.45) is 0. The number of aromatic nitrogens is 4. The number of nitrogens with zero attached hydrogens (tertiary/aromatic N) is 4. The highest BCUT2D eigenvalue weighted by atomic mass is 32.3. The van der Waals surface area contributed by atoms with Crippen LogP contribution in [0.5, 0.6) is 0 Å². The number of benzene rings is 2. The summed E-state index contributed by atoms with van der Waals surface area (Å²) in [6.45, 7) is 28.5. The molecule has 2 aliphatic rings. The van der Waals surface area contributed by atoms with Crippen LogP contribution < -0.4 is 0 Å². The van der Waals surface area contributed by atoms with Gasteiger partial charge in [0.15, 0.2) is 14.2 Å². The van der Waals surface area contributed by atoms with Gasteiger partial charge in [0.25, 0.3) is 0 Å². The Bertz CT molecular complexity index is 3130. The third-order valence-corrected chi connectivity index (χ3v) is 25.9. The first-order valence-corrected chi connectivity index (χ1v) is 28.9. The van der Waals surface area contributed by atoms with Gasteiger partial charge in [0.1, 0.15) is 37.8 Å². The second-order valence-electron chi connectivity index (χ2n) is 21.5. The van der Waals surface area contributed by atoms with Gasteiger partial charge >= 0.3 is 0 Å². The average molecular weight is 943 g/mol. The zero-order chi connectivity index (χ0) is 44.4. The molecule has 0 saturated carbocycles. The molecule has 4 nitrogen and oxygen atoms in total. The third-order valence-electron chi connectivity index (χ3n) is 16.1. The fraction of sp³-hybridized carbons (Fsp3) is 0.404. The summed E-state index contributed by atoms with van der Waals surface area (Å²) in [7, 11) is 8.69. The minimum atomic E-state index is -1.11. The van der Waals surface area contributed by atoms with E-state index in [4.69, 9.17) is 17.5 Å². The Balaban J connectivity index is 0.998. The third kappa shape index (κ3) is 5.89. The van der Waals surface area contributed by atoms with Crippen LogP contribution in [0.2, 0.25) is 0 Å². The molecule has 0 atom stereocenters. The Labute approximate surface area is 397 Å². The van der Waals surface area contributed by atoms with Crippen molar-refractivity contribution < 1.29 is 0 Å². The van der Waals surface area contributed by atoms with Crippen molar-refractivity contribution in [3.8, 4) is 40.4 Å². The topological polar surface area (TPSA) is 51.6 Å². The minimum Gasteiger partial charge on any atom is -0.258 e. The lowest BCUT2D eigenvalue weighted by molar-refractivity contribution is 0.310. The maximum atomic E-state index is 5.07. The van der Waals surface area contributed by atoms with Crippen molar-refractivity contribution in [3.05, 3.63) is 80.5 Å². The molecule has 15 heteroatoms. The van der Waals surface area contributed by atoms with Gasteiger partial charge in [0.05, 0.1) is 33.2 Å². The van der Waals surface area contributed by atoms with Crippen molar-refractivity contribution >= 4 is 131 Å². The molecule has 6 aromatic heterocycles. The van der Waals surface area contributed by atoms with E-state index >= 15 is 0 Å². The fourth-order valence-electron chi connectivity index (χ4n) is 9.42. The second kappa shape index (κ2) is 14.0. The molecule has 0 saturated heterocycles. The van der Waals surface area contributed by atoms with Gasteiger partial charge < -0.3 is 0 Å². The van der Waals surface area contributed by atoms with E-state index in [-0.39, 0.29) is 26.9 Å². The molecule has 1 aliphatic heterocycles. The molecule has 0 spiro atoms. The molecular weight excluding hydrogens is 888 g/mol. The molecule has 0 amide bonds. The maximum Gasteiger partial charge on any atom is 0.152 e. The van der Waals surface area contributed by atoms with Crippen LogP contribution in [0.1, 0.15) is 115 Å². The summed E-state index contributed by atoms with van der Waals surface area (Å²) in [5.74, 6) is 1.07. The molecule has 62 heavy (non-hydrogen) atoms. The Morgan fingerprint density at radius 3 is 1.60 bits per heavy atom. The van der Waals surface area contributed by atoms with Crippen LogP contribution in [-0.4, -0.2) is 47.4 Å². The van der Waals surface area contributed by atoms with Gasteiger partial charge in [-0.15, -0.1) is 45.3 Å². The van der Waals surface area contributed by atoms with E-state index in [0.717, 1.165) is 22.1 Å². The first kappa shape index (κ1) is 43.4. The summed E-state index contributed by atoms with van der Waals surface area (Å²) in [5.41, 5.74) is 11.7. The molecule has 0 unspecified atom stereocenters. The number of hydrogen-bond donors (Lipinski definition) is 0. The Kier molecular flexibility index (Phi) is 9.80. The fourth-order valence-corrected chi connectivity index (χ4v) is 20.2. The number of thiophene rings is 4. The standard InChI is InChI=1S/C47H54B4N4S7/c1-21(2)43(5,6)25-15-13-23(35-37(25)54-60-52-35)29-17-27-39(56-29)40-28(47(27,48)49)18-34(59-40)46(11,12)45(9,10)26-16-14-24(36-38(26)55-61-53-36)30-19-31-41(57-30)42-32(62(31,50)51)20-33(58-42)44(7,8)22(3)4/h13-22H,48-51H2,1-12H3. The van der Waals surface area contributed by atoms with Crippen molar-refractivity contribution in [3.63, 3.8) is 0 Å². The quantitative estimate of drug-likeness (QED) is 0.135. The molecule has 0 radical (unpaired) electrons. The van der Waals surface area contributed by atoms with E-state index in [0.29, 0.717) is 11.8 Å². The Hall–Kier alpha value is -2.51. The van der Waals surface area contributed by atoms with Gasteiger partial charge in [0, 0.05) is 56.6 Å². The molecule has 0 bridgehead atoms. The highest BCUT2D eigenvalue weighted by molar-refractivity contribution is 8.64. The first-order valence-electron chi connectivity index (χ1n) is 21.7. The Morgan fingerprint density at radius 2 is 0.984 bits per heavy atom. The average Bonchev–Trinajstić information content (AvgIpc) is 4.04. The van der Waals surface area contributed by atoms with E-state index in [9.17, 15) is 0 Å². The molecule has 0 N–H and O–H groups in total. The van der Waals surface area contributed by atoms with Gasteiger partial charge in [0.2, 0.25) is 0 Å². The molecule has 10 rings (SSSR count). The highest BCUT2D eigenvalue weighted by Gasteiger charge is 2.47. The van der Waals surface area contributed by atoms with E-state index in [1.807, 2.05) is 45.3 Å². The van der Waals surface area contributed by atoms with Gasteiger partial charge in [-0.2, -0.15) is 17.5 Å². The van der Waals surface area contributed by atoms with Gasteiger partial charge in [-0.1, -0.05) is 107 Å². The molecule has 1 aliphatic carbocycles. The summed E-state index contributed by atoms with van der Waals surface area (Å²) >= 11 is 10.6. The van der Waals surface area contributed by atoms with E-state index in [1.54, 1.807) is 4.90 Å². The van der Waals surface area contributed by atoms with Crippen molar-refractivity contribution in [2.24, 2.45) is 11.8 Å². The summed E-state index contributed by atoms with van der Waals surface area (Å²) in [5, 5.41) is -0.103. The van der Waals surface area contributed by atoms with Crippen LogP contribution in [0.15, 0.2) is 58.3 Å². The summed E-state index contributed by atoms with van der Waals surface area (Å²) in [6, 6.07) is 19.4. The van der Waals surface area contributed by atoms with Crippen LogP contribution in [-0.2, 0) is 26.9 Å². The van der Waals surface area contributed by atoms with Crippen LogP contribution in [0.4, 0.5) is 0 Å². The highest BCUT2D eigenvalue weighted by Crippen LogP contribution is 2.71. The normalized spacial score (nSPS) is 16.4. The largest absolute Gasteiger partial charge is 0.258 e. The molecular formula is C47H54B4N4S7. The maximum absolute atomic E-state index is 5.07. The lowest BCUT2D eigenvalue weighted by Gasteiger charge is -2.42. The van der Waals surface area contributed by atoms with E-state index < -0.39 is 9.73 Å². The van der Waals surface area contributed by atoms with Gasteiger partial charge in [-0.05, 0) is 78.8 Å². The van der Waals surface area contributed by atoms with Gasteiger partial charge in [-0.25, -0.2) is 0 Å². The Morgan fingerprint density at radius 1 is 0.516 bits per heavy atom. The molecule has 0 fully saturated rings. The predicted octanol–water partition coefficient (Wildman–Crippen LogP) is 12.1. The smallest absolute Gasteiger partial charge is 0.152 e. The monoisotopic (exact) mass is 942 g/mol. The minimum absolute atomic E-state index is 0.00570. The van der Waals surface area contributed by atoms with E-state index in [2.05, 4.69) is 162 Å². The molecule has 8 aromatic rings. The van der Waals surface area contributed by atoms with Crippen molar-refractivity contribution in [1.29, 1.82) is 0 Å². The zero-order valence-electron chi connectivity index (χ0n) is 38.9. The van der Waals surface area contributed by atoms with Crippen LogP contribution in [0.3, 0.4) is 0 Å². The van der Waals surface area contributed by atoms with Crippen molar-refractivity contribution in [2.45, 2.75) is 120 Å². The van der Waals surface area contributed by atoms with Crippen molar-refractivity contribution in [1.82, 2.24) is 17.5 Å². The number of rotatable bonds is 9. The molecule has 2 aromatic carbocycles. The lowest BCUT2D eigenvalue weighted by atomic mass is 9.50. The molecule has 316 valence electrons. The van der Waals surface area contributed by atoms with Crippen LogP contribution >= 0.6 is 78.5 Å². The number of hydrogen-bond acceptors (Lipinski definition) is 10. The number of fused-ring (bicyclic) bond motifs is 8. The van der Waals surface area contributed by atoms with E-state index in [1.165, 1.54) is 101 Å². The van der Waals surface area contributed by atoms with Crippen molar-refractivity contribution in [2.75, 3.05) is 0 Å². The first-order chi connectivity index (χ1) is 28.9. The lowest BCUT2D eigenvalue weighted by Crippen LogP contribution is -2.40. The summed E-state index contributed by atoms with van der Waals surface area (Å²) < 4.78 is 19.9. The predicted molar refractivity (Wildman–Crippen MR) is 289 cm³/mol. The molecule has 7 heterocycles. The van der Waals surface area contributed by atoms with Gasteiger partial charge in [-0.3, -0.25) is 9.73 Å². The SMILES string of the molecule is BC1(B)c2cc(-c3ccc(C(C)(C)C(C)C)c4nsnc34)sc2-c2sc(C(C)(C)C(C)(C)c3ccc(-c4cc5c(s4)-c4sc(C(C)(C)C(C)C)cc4S5(B)B)c4nsnc34)cc21. The van der Waals surface area contributed by atoms with Crippen LogP contribution in [0, 0.1) is 11.8 Å². The van der Waals surface area contributed by atoms with Crippen LogP contribution in [0.25, 0.3) is 62.5 Å². The second-order valence-corrected chi connectivity index (χ2v) is 30.3. The summed E-state index contributed by atoms with van der Waals surface area (Å²) in [4.78, 5) is 14.4. The zero-order valence-corrected chi connectivity index (χ0v) is 44.6.